The van der Waals surface area contributed by atoms with E-state index < -0.39 is 5.25 Å². The van der Waals surface area contributed by atoms with E-state index in [0.717, 1.165) is 6.42 Å². The van der Waals surface area contributed by atoms with Crippen LogP contribution in [0, 0.1) is 11.8 Å². The van der Waals surface area contributed by atoms with Crippen molar-refractivity contribution in [3.05, 3.63) is 41.4 Å². The Labute approximate surface area is 155 Å². The summed E-state index contributed by atoms with van der Waals surface area (Å²) < 4.78 is 0. The van der Waals surface area contributed by atoms with Crippen molar-refractivity contribution in [2.24, 2.45) is 16.8 Å². The molecular weight excluding hydrogens is 358 g/mol. The maximum atomic E-state index is 12.2. The SMILES string of the molecule is O=C(C[C@H]1SC(=N[C@@H]2C[C@H]3C=C[C@H]2C3)NC1=O)Nc1ccccc1Cl. The van der Waals surface area contributed by atoms with Crippen LogP contribution in [-0.2, 0) is 9.59 Å². The van der Waals surface area contributed by atoms with Gasteiger partial charge >= 0.3 is 0 Å². The third kappa shape index (κ3) is 3.60. The van der Waals surface area contributed by atoms with Gasteiger partial charge in [-0.1, -0.05) is 47.6 Å². The Morgan fingerprint density at radius 1 is 1.32 bits per heavy atom. The van der Waals surface area contributed by atoms with E-state index in [1.165, 1.54) is 18.2 Å². The molecule has 0 spiro atoms. The van der Waals surface area contributed by atoms with Gasteiger partial charge in [0.15, 0.2) is 5.17 Å². The van der Waals surface area contributed by atoms with Crippen LogP contribution in [0.4, 0.5) is 5.69 Å². The molecule has 1 aromatic rings. The van der Waals surface area contributed by atoms with Crippen molar-refractivity contribution in [3.63, 3.8) is 0 Å². The number of benzene rings is 1. The molecule has 0 radical (unpaired) electrons. The van der Waals surface area contributed by atoms with E-state index in [-0.39, 0.29) is 24.3 Å². The molecule has 25 heavy (non-hydrogen) atoms. The molecule has 0 aromatic heterocycles. The summed E-state index contributed by atoms with van der Waals surface area (Å²) >= 11 is 7.39. The minimum Gasteiger partial charge on any atom is -0.325 e. The van der Waals surface area contributed by atoms with Crippen LogP contribution in [0.2, 0.25) is 5.02 Å². The zero-order valence-electron chi connectivity index (χ0n) is 13.4. The summed E-state index contributed by atoms with van der Waals surface area (Å²) in [5, 5.41) is 6.24. The number of anilines is 1. The van der Waals surface area contributed by atoms with Crippen LogP contribution in [0.15, 0.2) is 41.4 Å². The second-order valence-electron chi connectivity index (χ2n) is 6.61. The summed E-state index contributed by atoms with van der Waals surface area (Å²) in [4.78, 5) is 29.1. The molecule has 2 bridgehead atoms. The molecule has 130 valence electrons. The van der Waals surface area contributed by atoms with E-state index in [2.05, 4.69) is 22.8 Å². The van der Waals surface area contributed by atoms with Gasteiger partial charge in [0.25, 0.3) is 0 Å². The fourth-order valence-electron chi connectivity index (χ4n) is 3.58. The Morgan fingerprint density at radius 3 is 2.88 bits per heavy atom. The number of allylic oxidation sites excluding steroid dienone is 1. The lowest BCUT2D eigenvalue weighted by Gasteiger charge is -2.13. The zero-order valence-corrected chi connectivity index (χ0v) is 15.0. The Hall–Kier alpha value is -1.79. The Morgan fingerprint density at radius 2 is 2.16 bits per heavy atom. The van der Waals surface area contributed by atoms with Crippen LogP contribution in [0.5, 0.6) is 0 Å². The quantitative estimate of drug-likeness (QED) is 0.794. The number of amides is 2. The Bertz CT molecular complexity index is 779. The lowest BCUT2D eigenvalue weighted by Crippen LogP contribution is -2.28. The number of amidine groups is 1. The van der Waals surface area contributed by atoms with Gasteiger partial charge in [0.1, 0.15) is 5.25 Å². The highest BCUT2D eigenvalue weighted by Crippen LogP contribution is 2.41. The Balaban J connectivity index is 1.35. The minimum atomic E-state index is -0.449. The van der Waals surface area contributed by atoms with Crippen molar-refractivity contribution in [2.45, 2.75) is 30.6 Å². The van der Waals surface area contributed by atoms with E-state index >= 15 is 0 Å². The second-order valence-corrected chi connectivity index (χ2v) is 8.21. The number of nitrogens with zero attached hydrogens (tertiary/aromatic N) is 1. The topological polar surface area (TPSA) is 70.6 Å². The molecule has 2 N–H and O–H groups in total. The molecule has 1 saturated carbocycles. The predicted molar refractivity (Wildman–Crippen MR) is 101 cm³/mol. The third-order valence-electron chi connectivity index (χ3n) is 4.82. The van der Waals surface area contributed by atoms with Crippen LogP contribution in [0.1, 0.15) is 19.3 Å². The molecule has 3 aliphatic rings. The van der Waals surface area contributed by atoms with Crippen molar-refractivity contribution < 1.29 is 9.59 Å². The van der Waals surface area contributed by atoms with Crippen LogP contribution < -0.4 is 10.6 Å². The van der Waals surface area contributed by atoms with Crippen molar-refractivity contribution in [1.82, 2.24) is 5.32 Å². The number of nitrogens with one attached hydrogen (secondary N) is 2. The molecule has 1 aliphatic heterocycles. The molecule has 0 unspecified atom stereocenters. The number of fused-ring (bicyclic) bond motifs is 2. The van der Waals surface area contributed by atoms with Crippen LogP contribution in [-0.4, -0.2) is 28.3 Å². The molecule has 2 amide bonds. The molecule has 1 heterocycles. The summed E-state index contributed by atoms with van der Waals surface area (Å²) in [6, 6.07) is 7.30. The Kier molecular flexibility index (Phi) is 4.56. The monoisotopic (exact) mass is 375 g/mol. The molecule has 7 heteroatoms. The van der Waals surface area contributed by atoms with Crippen molar-refractivity contribution in [1.29, 1.82) is 0 Å². The molecule has 5 nitrogen and oxygen atoms in total. The average molecular weight is 376 g/mol. The lowest BCUT2D eigenvalue weighted by atomic mass is 10.0. The van der Waals surface area contributed by atoms with E-state index in [4.69, 9.17) is 16.6 Å². The fourth-order valence-corrected chi connectivity index (χ4v) is 4.79. The van der Waals surface area contributed by atoms with E-state index in [1.54, 1.807) is 24.3 Å². The first-order valence-electron chi connectivity index (χ1n) is 8.36. The summed E-state index contributed by atoms with van der Waals surface area (Å²) in [5.41, 5.74) is 0.556. The van der Waals surface area contributed by atoms with Gasteiger partial charge in [0.2, 0.25) is 11.8 Å². The number of para-hydroxylation sites is 1. The molecule has 2 aliphatic carbocycles. The maximum Gasteiger partial charge on any atom is 0.240 e. The summed E-state index contributed by atoms with van der Waals surface area (Å²) in [6.45, 7) is 0. The second kappa shape index (κ2) is 6.84. The van der Waals surface area contributed by atoms with E-state index in [0.29, 0.717) is 27.7 Å². The fraction of sp³-hybridized carbons (Fsp3) is 0.389. The number of halogens is 1. The number of carbonyl (C=O) groups is 2. The van der Waals surface area contributed by atoms with Gasteiger partial charge in [-0.2, -0.15) is 0 Å². The van der Waals surface area contributed by atoms with Crippen molar-refractivity contribution in [3.8, 4) is 0 Å². The van der Waals surface area contributed by atoms with Crippen LogP contribution in [0.3, 0.4) is 0 Å². The molecule has 1 saturated heterocycles. The molecule has 4 atom stereocenters. The summed E-state index contributed by atoms with van der Waals surface area (Å²) in [5.74, 6) is 0.748. The highest BCUT2D eigenvalue weighted by Gasteiger charge is 2.38. The van der Waals surface area contributed by atoms with Crippen molar-refractivity contribution in [2.75, 3.05) is 5.32 Å². The zero-order chi connectivity index (χ0) is 17.4. The van der Waals surface area contributed by atoms with Gasteiger partial charge in [0.05, 0.1) is 16.8 Å². The number of hydrogen-bond acceptors (Lipinski definition) is 4. The summed E-state index contributed by atoms with van der Waals surface area (Å²) in [6.07, 6.45) is 6.82. The van der Waals surface area contributed by atoms with E-state index in [9.17, 15) is 9.59 Å². The maximum absolute atomic E-state index is 12.2. The number of thioether (sulfide) groups is 1. The van der Waals surface area contributed by atoms with Gasteiger partial charge in [-0.25, -0.2) is 0 Å². The average Bonchev–Trinajstić information content (AvgIpc) is 3.27. The van der Waals surface area contributed by atoms with Crippen LogP contribution >= 0.6 is 23.4 Å². The first-order valence-corrected chi connectivity index (χ1v) is 9.62. The largest absolute Gasteiger partial charge is 0.325 e. The van der Waals surface area contributed by atoms with Gasteiger partial charge in [0, 0.05) is 6.42 Å². The minimum absolute atomic E-state index is 0.0946. The summed E-state index contributed by atoms with van der Waals surface area (Å²) in [7, 11) is 0. The first-order chi connectivity index (χ1) is 12.1. The predicted octanol–water partition coefficient (Wildman–Crippen LogP) is 3.22. The van der Waals surface area contributed by atoms with Gasteiger partial charge in [-0.3, -0.25) is 14.6 Å². The van der Waals surface area contributed by atoms with Crippen LogP contribution in [0.25, 0.3) is 0 Å². The normalized spacial score (nSPS) is 31.6. The highest BCUT2D eigenvalue weighted by molar-refractivity contribution is 8.15. The standard InChI is InChI=1S/C18H18ClN3O2S/c19-12-3-1-2-4-13(12)20-16(23)9-15-17(24)22-18(25-15)21-14-8-10-5-6-11(14)7-10/h1-6,10-11,14-15H,7-9H2,(H,20,23)(H,21,22,24)/t10-,11-,14+,15+/m0/s1. The smallest absolute Gasteiger partial charge is 0.240 e. The molecule has 2 fully saturated rings. The number of carbonyl (C=O) groups excluding carboxylic acids is 2. The van der Waals surface area contributed by atoms with E-state index in [1.807, 2.05) is 0 Å². The van der Waals surface area contributed by atoms with Gasteiger partial charge in [-0.05, 0) is 36.8 Å². The number of rotatable bonds is 4. The lowest BCUT2D eigenvalue weighted by molar-refractivity contribution is -0.122. The highest BCUT2D eigenvalue weighted by atomic mass is 35.5. The molecular formula is C18H18ClN3O2S. The molecule has 1 aromatic carbocycles. The van der Waals surface area contributed by atoms with Crippen molar-refractivity contribution >= 4 is 46.0 Å². The number of aliphatic imine (C=N–C) groups is 1. The van der Waals surface area contributed by atoms with Gasteiger partial charge in [-0.15, -0.1) is 0 Å². The van der Waals surface area contributed by atoms with Gasteiger partial charge < -0.3 is 10.6 Å². The number of hydrogen-bond donors (Lipinski definition) is 2. The molecule has 4 rings (SSSR count). The first kappa shape index (κ1) is 16.7. The third-order valence-corrected chi connectivity index (χ3v) is 6.25.